The summed E-state index contributed by atoms with van der Waals surface area (Å²) in [5.74, 6) is 0.883. The second kappa shape index (κ2) is 8.03. The number of amides is 1. The molecular formula is C20H18Cl2N2O3. The zero-order valence-electron chi connectivity index (χ0n) is 15.1. The number of rotatable bonds is 5. The van der Waals surface area contributed by atoms with Gasteiger partial charge < -0.3 is 14.2 Å². The maximum absolute atomic E-state index is 13.4. The molecule has 1 aromatic heterocycles. The molecule has 0 N–H and O–H groups in total. The highest BCUT2D eigenvalue weighted by molar-refractivity contribution is 6.35. The minimum absolute atomic E-state index is 0.254. The quantitative estimate of drug-likeness (QED) is 0.566. The zero-order valence-corrected chi connectivity index (χ0v) is 16.6. The highest BCUT2D eigenvalue weighted by Gasteiger charge is 2.26. The number of ether oxygens (including phenoxy) is 1. The minimum Gasteiger partial charge on any atom is -0.496 e. The van der Waals surface area contributed by atoms with E-state index in [1.165, 1.54) is 0 Å². The van der Waals surface area contributed by atoms with Crippen molar-refractivity contribution in [1.82, 2.24) is 5.16 Å². The molecule has 0 unspecified atom stereocenters. The molecule has 0 fully saturated rings. The van der Waals surface area contributed by atoms with E-state index in [-0.39, 0.29) is 12.5 Å². The molecule has 3 rings (SSSR count). The van der Waals surface area contributed by atoms with Gasteiger partial charge in [0.1, 0.15) is 17.1 Å². The number of para-hydroxylation sites is 1. The van der Waals surface area contributed by atoms with Crippen LogP contribution >= 0.6 is 23.2 Å². The molecule has 0 radical (unpaired) electrons. The van der Waals surface area contributed by atoms with Crippen molar-refractivity contribution < 1.29 is 14.1 Å². The van der Waals surface area contributed by atoms with Crippen LogP contribution in [0.25, 0.3) is 0 Å². The number of hydrogen-bond acceptors (Lipinski definition) is 4. The summed E-state index contributed by atoms with van der Waals surface area (Å²) < 4.78 is 10.6. The molecule has 1 amide bonds. The summed E-state index contributed by atoms with van der Waals surface area (Å²) in [6.45, 7) is 3.71. The standard InChI is InChI=1S/C20H18Cl2N2O3/c1-12-19(13(2)27-23-12)20(25)24(17-9-15(21)8-16(22)10-17)11-14-6-4-5-7-18(14)26-3/h4-10H,11H2,1-3H3. The van der Waals surface area contributed by atoms with E-state index in [4.69, 9.17) is 32.5 Å². The number of halogens is 2. The van der Waals surface area contributed by atoms with E-state index < -0.39 is 0 Å². The third-order valence-electron chi connectivity index (χ3n) is 4.17. The van der Waals surface area contributed by atoms with Crippen molar-refractivity contribution in [2.45, 2.75) is 20.4 Å². The first-order valence-corrected chi connectivity index (χ1v) is 8.99. The molecule has 27 heavy (non-hydrogen) atoms. The summed E-state index contributed by atoms with van der Waals surface area (Å²) in [7, 11) is 1.59. The number of carbonyl (C=O) groups excluding carboxylic acids is 1. The maximum Gasteiger partial charge on any atom is 0.264 e. The molecule has 0 aliphatic carbocycles. The predicted molar refractivity (Wildman–Crippen MR) is 106 cm³/mol. The molecule has 0 atom stereocenters. The molecule has 7 heteroatoms. The van der Waals surface area contributed by atoms with Crippen LogP contribution in [0.15, 0.2) is 47.0 Å². The molecular weight excluding hydrogens is 387 g/mol. The van der Waals surface area contributed by atoms with Crippen molar-refractivity contribution in [2.24, 2.45) is 0 Å². The number of aryl methyl sites for hydroxylation is 2. The minimum atomic E-state index is -0.254. The molecule has 0 saturated carbocycles. The van der Waals surface area contributed by atoms with Gasteiger partial charge in [0.2, 0.25) is 0 Å². The highest BCUT2D eigenvalue weighted by Crippen LogP contribution is 2.30. The molecule has 0 aliphatic heterocycles. The third-order valence-corrected chi connectivity index (χ3v) is 4.61. The second-order valence-corrected chi connectivity index (χ2v) is 6.90. The number of nitrogens with zero attached hydrogens (tertiary/aromatic N) is 2. The molecule has 0 spiro atoms. The lowest BCUT2D eigenvalue weighted by Crippen LogP contribution is -2.31. The lowest BCUT2D eigenvalue weighted by molar-refractivity contribution is 0.0983. The Morgan fingerprint density at radius 3 is 2.41 bits per heavy atom. The monoisotopic (exact) mass is 404 g/mol. The van der Waals surface area contributed by atoms with Crippen LogP contribution in [0.2, 0.25) is 10.0 Å². The van der Waals surface area contributed by atoms with Gasteiger partial charge in [0, 0.05) is 21.3 Å². The topological polar surface area (TPSA) is 55.6 Å². The van der Waals surface area contributed by atoms with Crippen molar-refractivity contribution in [3.05, 3.63) is 75.1 Å². The maximum atomic E-state index is 13.4. The highest BCUT2D eigenvalue weighted by atomic mass is 35.5. The first-order chi connectivity index (χ1) is 12.9. The van der Waals surface area contributed by atoms with E-state index >= 15 is 0 Å². The normalized spacial score (nSPS) is 10.7. The molecule has 0 saturated heterocycles. The largest absolute Gasteiger partial charge is 0.496 e. The number of aromatic nitrogens is 1. The van der Waals surface area contributed by atoms with Crippen molar-refractivity contribution in [3.8, 4) is 5.75 Å². The Bertz CT molecular complexity index is 945. The van der Waals surface area contributed by atoms with Gasteiger partial charge in [-0.25, -0.2) is 0 Å². The Morgan fingerprint density at radius 1 is 1.15 bits per heavy atom. The van der Waals surface area contributed by atoms with Crippen LogP contribution in [0, 0.1) is 13.8 Å². The van der Waals surface area contributed by atoms with Crippen molar-refractivity contribution in [1.29, 1.82) is 0 Å². The van der Waals surface area contributed by atoms with Crippen molar-refractivity contribution >= 4 is 34.8 Å². The van der Waals surface area contributed by atoms with E-state index in [0.717, 1.165) is 5.56 Å². The van der Waals surface area contributed by atoms with Crippen molar-refractivity contribution in [3.63, 3.8) is 0 Å². The number of anilines is 1. The lowest BCUT2D eigenvalue weighted by Gasteiger charge is -2.24. The summed E-state index contributed by atoms with van der Waals surface area (Å²) in [4.78, 5) is 15.0. The summed E-state index contributed by atoms with van der Waals surface area (Å²) >= 11 is 12.3. The van der Waals surface area contributed by atoms with Gasteiger partial charge in [0.05, 0.1) is 19.3 Å². The summed E-state index contributed by atoms with van der Waals surface area (Å²) in [6, 6.07) is 12.5. The number of benzene rings is 2. The van der Waals surface area contributed by atoms with Crippen LogP contribution in [-0.2, 0) is 6.54 Å². The second-order valence-electron chi connectivity index (χ2n) is 6.03. The van der Waals surface area contributed by atoms with Crippen LogP contribution in [0.4, 0.5) is 5.69 Å². The van der Waals surface area contributed by atoms with Crippen LogP contribution in [-0.4, -0.2) is 18.2 Å². The van der Waals surface area contributed by atoms with Crippen LogP contribution < -0.4 is 9.64 Å². The number of carbonyl (C=O) groups is 1. The molecule has 140 valence electrons. The number of hydrogen-bond donors (Lipinski definition) is 0. The molecule has 1 heterocycles. The molecule has 5 nitrogen and oxygen atoms in total. The predicted octanol–water partition coefficient (Wildman–Crippen LogP) is 5.45. The van der Waals surface area contributed by atoms with E-state index in [9.17, 15) is 4.79 Å². The summed E-state index contributed by atoms with van der Waals surface area (Å²) in [5, 5.41) is 4.77. The van der Waals surface area contributed by atoms with Gasteiger partial charge in [-0.05, 0) is 38.1 Å². The van der Waals surface area contributed by atoms with Crippen LogP contribution in [0.1, 0.15) is 27.4 Å². The molecule has 0 bridgehead atoms. The summed E-state index contributed by atoms with van der Waals surface area (Å²) in [6.07, 6.45) is 0. The fourth-order valence-electron chi connectivity index (χ4n) is 2.90. The van der Waals surface area contributed by atoms with Gasteiger partial charge in [0.15, 0.2) is 0 Å². The van der Waals surface area contributed by atoms with Gasteiger partial charge in [0.25, 0.3) is 5.91 Å². The van der Waals surface area contributed by atoms with Gasteiger partial charge in [-0.2, -0.15) is 0 Å². The molecule has 2 aromatic carbocycles. The average molecular weight is 405 g/mol. The van der Waals surface area contributed by atoms with Crippen LogP contribution in [0.3, 0.4) is 0 Å². The Hall–Kier alpha value is -2.50. The molecule has 0 aliphatic rings. The molecule has 3 aromatic rings. The smallest absolute Gasteiger partial charge is 0.264 e. The Kier molecular flexibility index (Phi) is 5.73. The third kappa shape index (κ3) is 4.10. The first kappa shape index (κ1) is 19.3. The fraction of sp³-hybridized carbons (Fsp3) is 0.200. The Morgan fingerprint density at radius 2 is 1.81 bits per heavy atom. The van der Waals surface area contributed by atoms with E-state index in [2.05, 4.69) is 5.16 Å². The van der Waals surface area contributed by atoms with E-state index in [1.807, 2.05) is 24.3 Å². The summed E-state index contributed by atoms with van der Waals surface area (Å²) in [5.41, 5.74) is 2.36. The lowest BCUT2D eigenvalue weighted by atomic mass is 10.1. The average Bonchev–Trinajstić information content (AvgIpc) is 2.97. The van der Waals surface area contributed by atoms with Gasteiger partial charge in [-0.3, -0.25) is 4.79 Å². The number of methoxy groups -OCH3 is 1. The fourth-order valence-corrected chi connectivity index (χ4v) is 3.42. The van der Waals surface area contributed by atoms with Crippen molar-refractivity contribution in [2.75, 3.05) is 12.0 Å². The van der Waals surface area contributed by atoms with Crippen LogP contribution in [0.5, 0.6) is 5.75 Å². The first-order valence-electron chi connectivity index (χ1n) is 8.23. The Labute approximate surface area is 167 Å². The zero-order chi connectivity index (χ0) is 19.6. The SMILES string of the molecule is COc1ccccc1CN(C(=O)c1c(C)noc1C)c1cc(Cl)cc(Cl)c1. The Balaban J connectivity index is 2.10. The van der Waals surface area contributed by atoms with Gasteiger partial charge in [-0.15, -0.1) is 0 Å². The van der Waals surface area contributed by atoms with Gasteiger partial charge in [-0.1, -0.05) is 46.6 Å². The van der Waals surface area contributed by atoms with E-state index in [0.29, 0.717) is 38.5 Å². The van der Waals surface area contributed by atoms with E-state index in [1.54, 1.807) is 44.1 Å². The van der Waals surface area contributed by atoms with Gasteiger partial charge >= 0.3 is 0 Å².